The minimum atomic E-state index is -0.782. The van der Waals surface area contributed by atoms with Crippen molar-refractivity contribution < 1.29 is 9.84 Å². The molecule has 0 aliphatic heterocycles. The van der Waals surface area contributed by atoms with E-state index in [1.807, 2.05) is 12.2 Å². The Morgan fingerprint density at radius 1 is 1.85 bits per heavy atom. The van der Waals surface area contributed by atoms with E-state index < -0.39 is 6.29 Å². The lowest BCUT2D eigenvalue weighted by Crippen LogP contribution is -2.30. The van der Waals surface area contributed by atoms with E-state index >= 15 is 0 Å². The predicted octanol–water partition coefficient (Wildman–Crippen LogP) is 1.84. The van der Waals surface area contributed by atoms with E-state index in [2.05, 4.69) is 6.58 Å². The van der Waals surface area contributed by atoms with Crippen LogP contribution >= 0.6 is 12.2 Å². The number of rotatable bonds is 4. The molecule has 0 heterocycles. The topological polar surface area (TPSA) is 29.5 Å². The van der Waals surface area contributed by atoms with Gasteiger partial charge in [0.25, 0.3) is 0 Å². The zero-order valence-corrected chi connectivity index (χ0v) is 8.30. The molecule has 2 unspecified atom stereocenters. The van der Waals surface area contributed by atoms with Gasteiger partial charge in [-0.25, -0.2) is 0 Å². The van der Waals surface area contributed by atoms with Gasteiger partial charge in [-0.3, -0.25) is 0 Å². The summed E-state index contributed by atoms with van der Waals surface area (Å²) in [6.07, 6.45) is 6.57. The van der Waals surface area contributed by atoms with E-state index in [0.717, 1.165) is 17.7 Å². The average Bonchev–Trinajstić information content (AvgIpc) is 2.15. The maximum atomic E-state index is 9.58. The Bertz CT molecular complexity index is 223. The molecule has 0 aromatic heterocycles. The monoisotopic (exact) mass is 198 g/mol. The van der Waals surface area contributed by atoms with E-state index in [1.165, 1.54) is 0 Å². The van der Waals surface area contributed by atoms with Crippen LogP contribution in [0.25, 0.3) is 0 Å². The maximum absolute atomic E-state index is 9.58. The Hall–Kier alpha value is -0.510. The van der Waals surface area contributed by atoms with Crippen LogP contribution in [0.1, 0.15) is 12.8 Å². The van der Waals surface area contributed by atoms with Crippen molar-refractivity contribution in [3.63, 3.8) is 0 Å². The predicted molar refractivity (Wildman–Crippen MR) is 56.6 cm³/mol. The van der Waals surface area contributed by atoms with Gasteiger partial charge in [-0.15, -0.1) is 6.58 Å². The zero-order chi connectivity index (χ0) is 9.68. The summed E-state index contributed by atoms with van der Waals surface area (Å²) in [5, 5.41) is 9.58. The first-order valence-corrected chi connectivity index (χ1v) is 4.77. The fourth-order valence-electron chi connectivity index (χ4n) is 1.31. The van der Waals surface area contributed by atoms with Gasteiger partial charge in [0.1, 0.15) is 0 Å². The lowest BCUT2D eigenvalue weighted by atomic mass is 9.93. The highest BCUT2D eigenvalue weighted by Gasteiger charge is 2.23. The molecule has 0 bridgehead atoms. The summed E-state index contributed by atoms with van der Waals surface area (Å²) in [7, 11) is 0. The van der Waals surface area contributed by atoms with E-state index in [0.29, 0.717) is 6.61 Å². The molecule has 0 saturated carbocycles. The Kier molecular flexibility index (Phi) is 4.28. The van der Waals surface area contributed by atoms with Gasteiger partial charge in [-0.2, -0.15) is 0 Å². The first kappa shape index (κ1) is 10.6. The van der Waals surface area contributed by atoms with Crippen LogP contribution in [-0.4, -0.2) is 22.9 Å². The summed E-state index contributed by atoms with van der Waals surface area (Å²) < 4.78 is 5.12. The second kappa shape index (κ2) is 5.27. The second-order valence-electron chi connectivity index (χ2n) is 3.00. The molecular formula is C10H14O2S. The van der Waals surface area contributed by atoms with Crippen LogP contribution in [0.15, 0.2) is 24.8 Å². The molecule has 1 rings (SSSR count). The summed E-state index contributed by atoms with van der Waals surface area (Å²) in [5.74, 6) is -0.0278. The van der Waals surface area contributed by atoms with Crippen molar-refractivity contribution in [3.05, 3.63) is 24.8 Å². The van der Waals surface area contributed by atoms with Gasteiger partial charge in [-0.1, -0.05) is 30.4 Å². The van der Waals surface area contributed by atoms with Gasteiger partial charge in [0.15, 0.2) is 6.29 Å². The zero-order valence-electron chi connectivity index (χ0n) is 7.48. The van der Waals surface area contributed by atoms with Crippen LogP contribution in [0.3, 0.4) is 0 Å². The SMILES string of the molecule is C=CCOC(O)C1CCC=CC1=S. The molecule has 1 N–H and O–H groups in total. The molecule has 13 heavy (non-hydrogen) atoms. The summed E-state index contributed by atoms with van der Waals surface area (Å²) in [5.41, 5.74) is 0. The van der Waals surface area contributed by atoms with E-state index in [1.54, 1.807) is 6.08 Å². The third-order valence-electron chi connectivity index (χ3n) is 2.02. The number of ether oxygens (including phenoxy) is 1. The van der Waals surface area contributed by atoms with Crippen molar-refractivity contribution in [2.75, 3.05) is 6.61 Å². The smallest absolute Gasteiger partial charge is 0.162 e. The van der Waals surface area contributed by atoms with E-state index in [-0.39, 0.29) is 5.92 Å². The highest BCUT2D eigenvalue weighted by atomic mass is 32.1. The molecule has 2 atom stereocenters. The first-order chi connectivity index (χ1) is 6.25. The fourth-order valence-corrected chi connectivity index (χ4v) is 1.64. The molecular weight excluding hydrogens is 184 g/mol. The van der Waals surface area contributed by atoms with Crippen molar-refractivity contribution in [2.45, 2.75) is 19.1 Å². The molecule has 0 aromatic rings. The van der Waals surface area contributed by atoms with Gasteiger partial charge in [0, 0.05) is 10.8 Å². The van der Waals surface area contributed by atoms with Gasteiger partial charge in [-0.05, 0) is 12.8 Å². The first-order valence-electron chi connectivity index (χ1n) is 4.36. The molecule has 0 radical (unpaired) electrons. The van der Waals surface area contributed by atoms with Gasteiger partial charge >= 0.3 is 0 Å². The molecule has 1 aliphatic carbocycles. The highest BCUT2D eigenvalue weighted by Crippen LogP contribution is 2.20. The summed E-state index contributed by atoms with van der Waals surface area (Å²) in [6, 6.07) is 0. The Balaban J connectivity index is 2.45. The molecule has 1 aliphatic rings. The highest BCUT2D eigenvalue weighted by molar-refractivity contribution is 7.80. The Morgan fingerprint density at radius 2 is 2.62 bits per heavy atom. The molecule has 0 fully saturated rings. The van der Waals surface area contributed by atoms with Crippen molar-refractivity contribution in [1.82, 2.24) is 0 Å². The van der Waals surface area contributed by atoms with E-state index in [9.17, 15) is 5.11 Å². The van der Waals surface area contributed by atoms with Gasteiger partial charge < -0.3 is 9.84 Å². The minimum absolute atomic E-state index is 0.0278. The Morgan fingerprint density at radius 3 is 3.23 bits per heavy atom. The van der Waals surface area contributed by atoms with Crippen molar-refractivity contribution >= 4 is 17.1 Å². The number of hydrogen-bond donors (Lipinski definition) is 1. The van der Waals surface area contributed by atoms with Gasteiger partial charge in [0.2, 0.25) is 0 Å². The maximum Gasteiger partial charge on any atom is 0.162 e. The third-order valence-corrected chi connectivity index (χ3v) is 2.46. The summed E-state index contributed by atoms with van der Waals surface area (Å²) >= 11 is 5.10. The quantitative estimate of drug-likeness (QED) is 0.424. The Labute approximate surface area is 83.9 Å². The molecule has 0 amide bonds. The van der Waals surface area contributed by atoms with Crippen molar-refractivity contribution in [2.24, 2.45) is 5.92 Å². The van der Waals surface area contributed by atoms with Gasteiger partial charge in [0.05, 0.1) is 6.61 Å². The van der Waals surface area contributed by atoms with E-state index in [4.69, 9.17) is 17.0 Å². The largest absolute Gasteiger partial charge is 0.367 e. The lowest BCUT2D eigenvalue weighted by molar-refractivity contribution is -0.110. The molecule has 2 nitrogen and oxygen atoms in total. The van der Waals surface area contributed by atoms with Crippen LogP contribution in [-0.2, 0) is 4.74 Å². The van der Waals surface area contributed by atoms with Crippen LogP contribution in [0, 0.1) is 5.92 Å². The van der Waals surface area contributed by atoms with Crippen molar-refractivity contribution in [1.29, 1.82) is 0 Å². The number of hydrogen-bond acceptors (Lipinski definition) is 3. The molecule has 72 valence electrons. The standard InChI is InChI=1S/C10H14O2S/c1-2-7-12-10(11)8-5-3-4-6-9(8)13/h2,4,6,8,10-11H,1,3,5,7H2. The molecule has 0 aromatic carbocycles. The van der Waals surface area contributed by atoms with Crippen LogP contribution in [0.2, 0.25) is 0 Å². The summed E-state index contributed by atoms with van der Waals surface area (Å²) in [6.45, 7) is 3.88. The average molecular weight is 198 g/mol. The second-order valence-corrected chi connectivity index (χ2v) is 3.47. The number of aliphatic hydroxyl groups is 1. The van der Waals surface area contributed by atoms with Crippen LogP contribution in [0.4, 0.5) is 0 Å². The minimum Gasteiger partial charge on any atom is -0.367 e. The van der Waals surface area contributed by atoms with Crippen LogP contribution in [0.5, 0.6) is 0 Å². The molecule has 0 spiro atoms. The summed E-state index contributed by atoms with van der Waals surface area (Å²) in [4.78, 5) is 0.780. The third kappa shape index (κ3) is 3.03. The normalized spacial score (nSPS) is 24.4. The lowest BCUT2D eigenvalue weighted by Gasteiger charge is -2.23. The molecule has 3 heteroatoms. The number of aliphatic hydroxyl groups excluding tert-OH is 1. The number of thiocarbonyl (C=S) groups is 1. The fraction of sp³-hybridized carbons (Fsp3) is 0.500. The molecule has 0 saturated heterocycles. The number of allylic oxidation sites excluding steroid dienone is 2. The van der Waals surface area contributed by atoms with Crippen molar-refractivity contribution in [3.8, 4) is 0 Å². The van der Waals surface area contributed by atoms with Crippen LogP contribution < -0.4 is 0 Å².